The molecular formula is C27H35N2O4-. The number of ether oxygens (including phenoxy) is 1. The van der Waals surface area contributed by atoms with Crippen molar-refractivity contribution in [2.75, 3.05) is 18.0 Å². The fourth-order valence-electron chi connectivity index (χ4n) is 3.71. The molecule has 6 heteroatoms. The summed E-state index contributed by atoms with van der Waals surface area (Å²) in [6.45, 7) is 7.22. The topological polar surface area (TPSA) is 78.6 Å². The molecule has 0 fully saturated rings. The minimum absolute atomic E-state index is 0.328. The number of fused-ring (bicyclic) bond motifs is 1. The Morgan fingerprint density at radius 2 is 1.76 bits per heavy atom. The van der Waals surface area contributed by atoms with E-state index in [1.54, 1.807) is 6.92 Å². The number of benzene rings is 2. The second kappa shape index (κ2) is 11.7. The van der Waals surface area contributed by atoms with Crippen molar-refractivity contribution in [2.24, 2.45) is 0 Å². The molecule has 0 bridgehead atoms. The van der Waals surface area contributed by atoms with Crippen LogP contribution in [0.3, 0.4) is 0 Å². The molecular weight excluding hydrogens is 416 g/mol. The van der Waals surface area contributed by atoms with Crippen molar-refractivity contribution in [3.8, 4) is 5.75 Å². The molecule has 0 spiro atoms. The van der Waals surface area contributed by atoms with Gasteiger partial charge in [-0.3, -0.25) is 0 Å². The first-order chi connectivity index (χ1) is 15.9. The summed E-state index contributed by atoms with van der Waals surface area (Å²) in [5.74, 6) is -0.680. The summed E-state index contributed by atoms with van der Waals surface area (Å²) in [6, 6.07) is 16.1. The molecule has 0 aliphatic heterocycles. The zero-order chi connectivity index (χ0) is 23.7. The van der Waals surface area contributed by atoms with Crippen LogP contribution in [0.25, 0.3) is 11.1 Å². The normalized spacial score (nSPS) is 13.1. The van der Waals surface area contributed by atoms with Crippen molar-refractivity contribution in [3.05, 3.63) is 54.1 Å². The molecule has 0 aliphatic carbocycles. The Morgan fingerprint density at radius 3 is 2.42 bits per heavy atom. The highest BCUT2D eigenvalue weighted by Crippen LogP contribution is 2.24. The molecule has 0 radical (unpaired) electrons. The highest BCUT2D eigenvalue weighted by atomic mass is 16.5. The third kappa shape index (κ3) is 6.73. The van der Waals surface area contributed by atoms with E-state index in [2.05, 4.69) is 11.8 Å². The van der Waals surface area contributed by atoms with Gasteiger partial charge in [0, 0.05) is 13.1 Å². The lowest BCUT2D eigenvalue weighted by Crippen LogP contribution is -2.49. The summed E-state index contributed by atoms with van der Waals surface area (Å²) >= 11 is 0. The van der Waals surface area contributed by atoms with Crippen LogP contribution in [0.1, 0.15) is 64.9 Å². The minimum atomic E-state index is -1.33. The van der Waals surface area contributed by atoms with E-state index < -0.39 is 11.6 Å². The van der Waals surface area contributed by atoms with Crippen molar-refractivity contribution < 1.29 is 19.1 Å². The molecule has 1 aromatic heterocycles. The standard InChI is InChI=1S/C27H36N2O4/c1-4-6-7-8-11-19-29(26-28-23-12-9-10-13-24(23)32-26)20-18-21-14-16-22(17-15-21)33-27(3,5-2)25(30)31/h9-10,12-17H,4-8,11,18-20H2,1-3H3,(H,30,31)/p-1/t27-/m1/s1. The molecule has 1 heterocycles. The van der Waals surface area contributed by atoms with Gasteiger partial charge in [0.2, 0.25) is 0 Å². The third-order valence-electron chi connectivity index (χ3n) is 6.13. The number of para-hydroxylation sites is 2. The number of unbranched alkanes of at least 4 members (excludes halogenated alkanes) is 4. The zero-order valence-electron chi connectivity index (χ0n) is 20.0. The van der Waals surface area contributed by atoms with Gasteiger partial charge in [0.05, 0.1) is 5.97 Å². The van der Waals surface area contributed by atoms with Gasteiger partial charge in [-0.05, 0) is 56.0 Å². The first-order valence-electron chi connectivity index (χ1n) is 12.0. The first-order valence-corrected chi connectivity index (χ1v) is 12.0. The summed E-state index contributed by atoms with van der Waals surface area (Å²) in [5, 5.41) is 11.4. The predicted molar refractivity (Wildman–Crippen MR) is 129 cm³/mol. The molecule has 0 amide bonds. The maximum absolute atomic E-state index is 11.4. The highest BCUT2D eigenvalue weighted by Gasteiger charge is 2.25. The van der Waals surface area contributed by atoms with Crippen LogP contribution < -0.4 is 14.7 Å². The van der Waals surface area contributed by atoms with E-state index in [1.807, 2.05) is 48.5 Å². The summed E-state index contributed by atoms with van der Waals surface area (Å²) in [6.07, 6.45) is 7.20. The minimum Gasteiger partial charge on any atom is -0.546 e. The van der Waals surface area contributed by atoms with Crippen LogP contribution in [0.2, 0.25) is 0 Å². The van der Waals surface area contributed by atoms with Gasteiger partial charge in [0.1, 0.15) is 16.9 Å². The van der Waals surface area contributed by atoms with Gasteiger partial charge in [-0.15, -0.1) is 0 Å². The number of nitrogens with zero attached hydrogens (tertiary/aromatic N) is 2. The lowest BCUT2D eigenvalue weighted by molar-refractivity contribution is -0.321. The second-order valence-electron chi connectivity index (χ2n) is 8.73. The maximum Gasteiger partial charge on any atom is 0.298 e. The van der Waals surface area contributed by atoms with Crippen LogP contribution in [-0.2, 0) is 11.2 Å². The van der Waals surface area contributed by atoms with E-state index in [4.69, 9.17) is 14.1 Å². The molecule has 0 saturated heterocycles. The average Bonchev–Trinajstić information content (AvgIpc) is 3.25. The Morgan fingerprint density at radius 1 is 1.03 bits per heavy atom. The van der Waals surface area contributed by atoms with Crippen LogP contribution in [0.5, 0.6) is 5.75 Å². The zero-order valence-corrected chi connectivity index (χ0v) is 20.0. The predicted octanol–water partition coefficient (Wildman–Crippen LogP) is 5.14. The molecule has 33 heavy (non-hydrogen) atoms. The molecule has 0 aliphatic rings. The largest absolute Gasteiger partial charge is 0.546 e. The Bertz CT molecular complexity index is 981. The first kappa shape index (κ1) is 24.6. The second-order valence-corrected chi connectivity index (χ2v) is 8.73. The van der Waals surface area contributed by atoms with Gasteiger partial charge in [0.15, 0.2) is 5.58 Å². The number of aliphatic carboxylic acids is 1. The Kier molecular flexibility index (Phi) is 8.75. The monoisotopic (exact) mass is 451 g/mol. The van der Waals surface area contributed by atoms with Crippen LogP contribution in [0.15, 0.2) is 52.9 Å². The van der Waals surface area contributed by atoms with Crippen LogP contribution in [-0.4, -0.2) is 29.6 Å². The smallest absolute Gasteiger partial charge is 0.298 e. The number of rotatable bonds is 14. The fraction of sp³-hybridized carbons (Fsp3) is 0.481. The molecule has 0 saturated carbocycles. The Labute approximate surface area is 196 Å². The van der Waals surface area contributed by atoms with Gasteiger partial charge in [-0.25, -0.2) is 0 Å². The Balaban J connectivity index is 1.65. The quantitative estimate of drug-likeness (QED) is 0.316. The number of hydrogen-bond acceptors (Lipinski definition) is 6. The average molecular weight is 452 g/mol. The van der Waals surface area contributed by atoms with E-state index in [9.17, 15) is 9.90 Å². The molecule has 1 atom stereocenters. The van der Waals surface area contributed by atoms with Gasteiger partial charge >= 0.3 is 0 Å². The summed E-state index contributed by atoms with van der Waals surface area (Å²) in [4.78, 5) is 18.3. The molecule has 178 valence electrons. The number of oxazole rings is 1. The molecule has 2 aromatic carbocycles. The highest BCUT2D eigenvalue weighted by molar-refractivity contribution is 5.75. The van der Waals surface area contributed by atoms with Crippen LogP contribution in [0, 0.1) is 0 Å². The van der Waals surface area contributed by atoms with E-state index in [0.717, 1.165) is 42.6 Å². The van der Waals surface area contributed by atoms with Crippen molar-refractivity contribution in [1.82, 2.24) is 4.98 Å². The third-order valence-corrected chi connectivity index (χ3v) is 6.13. The van der Waals surface area contributed by atoms with E-state index in [0.29, 0.717) is 18.2 Å². The lowest BCUT2D eigenvalue weighted by atomic mass is 10.0. The van der Waals surface area contributed by atoms with Crippen molar-refractivity contribution in [3.63, 3.8) is 0 Å². The van der Waals surface area contributed by atoms with E-state index in [1.165, 1.54) is 32.6 Å². The van der Waals surface area contributed by atoms with E-state index >= 15 is 0 Å². The van der Waals surface area contributed by atoms with Gasteiger partial charge in [-0.1, -0.05) is 63.8 Å². The molecule has 3 rings (SSSR count). The lowest BCUT2D eigenvalue weighted by Gasteiger charge is -2.30. The number of carboxylic acids is 1. The number of carbonyl (C=O) groups excluding carboxylic acids is 1. The fourth-order valence-corrected chi connectivity index (χ4v) is 3.71. The number of aromatic nitrogens is 1. The number of anilines is 1. The van der Waals surface area contributed by atoms with Crippen molar-refractivity contribution in [1.29, 1.82) is 0 Å². The molecule has 0 N–H and O–H groups in total. The summed E-state index contributed by atoms with van der Waals surface area (Å²) < 4.78 is 11.7. The molecule has 6 nitrogen and oxygen atoms in total. The summed E-state index contributed by atoms with van der Waals surface area (Å²) in [5.41, 5.74) is 1.48. The van der Waals surface area contributed by atoms with Gasteiger partial charge in [-0.2, -0.15) is 4.98 Å². The SMILES string of the molecule is CCCCCCCN(CCc1ccc(O[C@](C)(CC)C(=O)[O-])cc1)c1nc2ccccc2o1. The number of hydrogen-bond donors (Lipinski definition) is 0. The van der Waals surface area contributed by atoms with E-state index in [-0.39, 0.29) is 0 Å². The number of carboxylic acid groups (broad SMARTS) is 1. The summed E-state index contributed by atoms with van der Waals surface area (Å²) in [7, 11) is 0. The molecule has 3 aromatic rings. The van der Waals surface area contributed by atoms with Crippen molar-refractivity contribution >= 4 is 23.1 Å². The molecule has 0 unspecified atom stereocenters. The van der Waals surface area contributed by atoms with Crippen LogP contribution >= 0.6 is 0 Å². The van der Waals surface area contributed by atoms with Gasteiger partial charge < -0.3 is 24.0 Å². The van der Waals surface area contributed by atoms with Crippen LogP contribution in [0.4, 0.5) is 6.01 Å². The maximum atomic E-state index is 11.4. The van der Waals surface area contributed by atoms with Gasteiger partial charge in [0.25, 0.3) is 6.01 Å². The van der Waals surface area contributed by atoms with Crippen molar-refractivity contribution in [2.45, 2.75) is 71.3 Å². The number of carbonyl (C=O) groups is 1. The Hall–Kier alpha value is -3.02.